The number of benzene rings is 1. The fourth-order valence-electron chi connectivity index (χ4n) is 2.16. The van der Waals surface area contributed by atoms with E-state index < -0.39 is 0 Å². The highest BCUT2D eigenvalue weighted by atomic mass is 35.5. The smallest absolute Gasteiger partial charge is 0.274 e. The van der Waals surface area contributed by atoms with Crippen LogP contribution in [-0.2, 0) is 6.54 Å². The number of amides is 1. The second-order valence-electron chi connectivity index (χ2n) is 4.96. The molecule has 3 aromatic rings. The average Bonchev–Trinajstić information content (AvgIpc) is 2.95. The number of pyridine rings is 1. The van der Waals surface area contributed by atoms with Gasteiger partial charge in [0, 0.05) is 24.0 Å². The first-order valence-corrected chi connectivity index (χ1v) is 7.38. The number of aromatic nitrogens is 4. The Labute approximate surface area is 138 Å². The van der Waals surface area contributed by atoms with E-state index in [0.29, 0.717) is 17.3 Å². The van der Waals surface area contributed by atoms with E-state index in [1.807, 2.05) is 24.3 Å². The summed E-state index contributed by atoms with van der Waals surface area (Å²) in [7, 11) is 0. The topological polar surface area (TPSA) is 72.7 Å². The molecule has 0 saturated carbocycles. The Bertz CT molecular complexity index is 831. The lowest BCUT2D eigenvalue weighted by Crippen LogP contribution is -2.24. The van der Waals surface area contributed by atoms with Gasteiger partial charge in [-0.15, -0.1) is 5.10 Å². The standard InChI is InChI=1S/C16H14ClN5O/c1-11-15(16(23)19-10-12-4-3-7-18-9-12)20-21-22(11)14-6-2-5-13(17)8-14/h2-9H,10H2,1H3,(H,19,23). The predicted molar refractivity (Wildman–Crippen MR) is 86.5 cm³/mol. The summed E-state index contributed by atoms with van der Waals surface area (Å²) < 4.78 is 1.59. The molecule has 3 rings (SSSR count). The minimum absolute atomic E-state index is 0.278. The van der Waals surface area contributed by atoms with Crippen LogP contribution in [0, 0.1) is 6.92 Å². The van der Waals surface area contributed by atoms with Gasteiger partial charge in [-0.3, -0.25) is 9.78 Å². The average molecular weight is 328 g/mol. The molecule has 2 aromatic heterocycles. The zero-order chi connectivity index (χ0) is 16.2. The Morgan fingerprint density at radius 3 is 2.91 bits per heavy atom. The van der Waals surface area contributed by atoms with E-state index in [1.165, 1.54) is 0 Å². The van der Waals surface area contributed by atoms with Crippen molar-refractivity contribution >= 4 is 17.5 Å². The molecule has 23 heavy (non-hydrogen) atoms. The molecule has 0 atom stereocenters. The van der Waals surface area contributed by atoms with E-state index in [2.05, 4.69) is 20.6 Å². The van der Waals surface area contributed by atoms with E-state index in [-0.39, 0.29) is 11.6 Å². The first kappa shape index (κ1) is 15.2. The van der Waals surface area contributed by atoms with Crippen molar-refractivity contribution in [1.82, 2.24) is 25.3 Å². The van der Waals surface area contributed by atoms with Crippen molar-refractivity contribution in [2.75, 3.05) is 0 Å². The highest BCUT2D eigenvalue weighted by Gasteiger charge is 2.17. The largest absolute Gasteiger partial charge is 0.346 e. The van der Waals surface area contributed by atoms with Gasteiger partial charge in [0.2, 0.25) is 0 Å². The summed E-state index contributed by atoms with van der Waals surface area (Å²) >= 11 is 5.99. The van der Waals surface area contributed by atoms with E-state index in [9.17, 15) is 4.79 Å². The first-order valence-electron chi connectivity index (χ1n) is 7.00. The van der Waals surface area contributed by atoms with Crippen LogP contribution < -0.4 is 5.32 Å². The molecular weight excluding hydrogens is 314 g/mol. The van der Waals surface area contributed by atoms with Crippen molar-refractivity contribution in [1.29, 1.82) is 0 Å². The monoisotopic (exact) mass is 327 g/mol. The number of rotatable bonds is 4. The molecule has 1 N–H and O–H groups in total. The molecule has 0 radical (unpaired) electrons. The predicted octanol–water partition coefficient (Wildman–Crippen LogP) is 2.55. The van der Waals surface area contributed by atoms with Gasteiger partial charge in [0.25, 0.3) is 5.91 Å². The molecule has 0 aliphatic carbocycles. The molecular formula is C16H14ClN5O. The SMILES string of the molecule is Cc1c(C(=O)NCc2cccnc2)nnn1-c1cccc(Cl)c1. The highest BCUT2D eigenvalue weighted by Crippen LogP contribution is 2.16. The van der Waals surface area contributed by atoms with Gasteiger partial charge in [0.05, 0.1) is 11.4 Å². The van der Waals surface area contributed by atoms with Gasteiger partial charge in [0.15, 0.2) is 5.69 Å². The lowest BCUT2D eigenvalue weighted by atomic mass is 10.2. The molecule has 0 bridgehead atoms. The second kappa shape index (κ2) is 6.58. The minimum atomic E-state index is -0.278. The quantitative estimate of drug-likeness (QED) is 0.799. The van der Waals surface area contributed by atoms with Gasteiger partial charge in [-0.25, -0.2) is 4.68 Å². The Hall–Kier alpha value is -2.73. The molecule has 0 aliphatic rings. The summed E-state index contributed by atoms with van der Waals surface area (Å²) in [5, 5.41) is 11.4. The molecule has 2 heterocycles. The zero-order valence-corrected chi connectivity index (χ0v) is 13.2. The molecule has 7 heteroatoms. The Kier molecular flexibility index (Phi) is 4.34. The number of carbonyl (C=O) groups is 1. The molecule has 0 fully saturated rings. The highest BCUT2D eigenvalue weighted by molar-refractivity contribution is 6.30. The first-order chi connectivity index (χ1) is 11.1. The van der Waals surface area contributed by atoms with Crippen LogP contribution in [0.1, 0.15) is 21.7 Å². The van der Waals surface area contributed by atoms with Crippen molar-refractivity contribution in [3.63, 3.8) is 0 Å². The van der Waals surface area contributed by atoms with Crippen LogP contribution in [0.5, 0.6) is 0 Å². The van der Waals surface area contributed by atoms with Crippen LogP contribution in [0.15, 0.2) is 48.8 Å². The number of halogens is 1. The molecule has 0 saturated heterocycles. The molecule has 6 nitrogen and oxygen atoms in total. The van der Waals surface area contributed by atoms with Gasteiger partial charge in [-0.1, -0.05) is 28.9 Å². The summed E-state index contributed by atoms with van der Waals surface area (Å²) in [5.41, 5.74) is 2.61. The number of hydrogen-bond donors (Lipinski definition) is 1. The Balaban J connectivity index is 1.77. The van der Waals surface area contributed by atoms with Crippen LogP contribution in [0.4, 0.5) is 0 Å². The number of nitrogens with one attached hydrogen (secondary N) is 1. The van der Waals surface area contributed by atoms with Crippen LogP contribution in [0.25, 0.3) is 5.69 Å². The van der Waals surface area contributed by atoms with Crippen LogP contribution in [0.3, 0.4) is 0 Å². The molecule has 1 amide bonds. The molecule has 0 unspecified atom stereocenters. The number of nitrogens with zero attached hydrogens (tertiary/aromatic N) is 4. The van der Waals surface area contributed by atoms with Gasteiger partial charge in [-0.2, -0.15) is 0 Å². The lowest BCUT2D eigenvalue weighted by Gasteiger charge is -2.05. The summed E-state index contributed by atoms with van der Waals surface area (Å²) in [6, 6.07) is 10.9. The van der Waals surface area contributed by atoms with E-state index in [4.69, 9.17) is 11.6 Å². The Morgan fingerprint density at radius 1 is 1.30 bits per heavy atom. The zero-order valence-electron chi connectivity index (χ0n) is 12.4. The van der Waals surface area contributed by atoms with Gasteiger partial charge in [-0.05, 0) is 36.8 Å². The molecule has 116 valence electrons. The fourth-order valence-corrected chi connectivity index (χ4v) is 2.35. The maximum Gasteiger partial charge on any atom is 0.274 e. The third kappa shape index (κ3) is 3.37. The number of hydrogen-bond acceptors (Lipinski definition) is 4. The third-order valence-electron chi connectivity index (χ3n) is 3.34. The normalized spacial score (nSPS) is 10.5. The van der Waals surface area contributed by atoms with Gasteiger partial charge < -0.3 is 5.32 Å². The van der Waals surface area contributed by atoms with E-state index in [0.717, 1.165) is 11.3 Å². The van der Waals surface area contributed by atoms with Crippen molar-refractivity contribution in [3.05, 3.63) is 70.8 Å². The van der Waals surface area contributed by atoms with Crippen molar-refractivity contribution in [2.45, 2.75) is 13.5 Å². The summed E-state index contributed by atoms with van der Waals surface area (Å²) in [5.74, 6) is -0.278. The fraction of sp³-hybridized carbons (Fsp3) is 0.125. The summed E-state index contributed by atoms with van der Waals surface area (Å²) in [6.45, 7) is 2.18. The van der Waals surface area contributed by atoms with Crippen molar-refractivity contribution in [3.8, 4) is 5.69 Å². The van der Waals surface area contributed by atoms with Crippen LogP contribution in [-0.4, -0.2) is 25.9 Å². The van der Waals surface area contributed by atoms with Crippen LogP contribution in [0.2, 0.25) is 5.02 Å². The molecule has 1 aromatic carbocycles. The molecule has 0 aliphatic heterocycles. The summed E-state index contributed by atoms with van der Waals surface area (Å²) in [6.07, 6.45) is 3.39. The summed E-state index contributed by atoms with van der Waals surface area (Å²) in [4.78, 5) is 16.3. The van der Waals surface area contributed by atoms with Gasteiger partial charge >= 0.3 is 0 Å². The maximum atomic E-state index is 12.3. The van der Waals surface area contributed by atoms with Crippen LogP contribution >= 0.6 is 11.6 Å². The van der Waals surface area contributed by atoms with Crippen molar-refractivity contribution < 1.29 is 4.79 Å². The lowest BCUT2D eigenvalue weighted by molar-refractivity contribution is 0.0945. The van der Waals surface area contributed by atoms with E-state index in [1.54, 1.807) is 36.1 Å². The third-order valence-corrected chi connectivity index (χ3v) is 3.57. The maximum absolute atomic E-state index is 12.3. The Morgan fingerprint density at radius 2 is 2.17 bits per heavy atom. The van der Waals surface area contributed by atoms with Crippen molar-refractivity contribution in [2.24, 2.45) is 0 Å². The van der Waals surface area contributed by atoms with Gasteiger partial charge in [0.1, 0.15) is 0 Å². The minimum Gasteiger partial charge on any atom is -0.346 e. The molecule has 0 spiro atoms. The second-order valence-corrected chi connectivity index (χ2v) is 5.40. The van der Waals surface area contributed by atoms with E-state index >= 15 is 0 Å². The number of carbonyl (C=O) groups excluding carboxylic acids is 1.